The van der Waals surface area contributed by atoms with Crippen LogP contribution < -0.4 is 5.32 Å². The number of para-hydroxylation sites is 1. The lowest BCUT2D eigenvalue weighted by atomic mass is 9.85. The predicted octanol–water partition coefficient (Wildman–Crippen LogP) is 2.72. The van der Waals surface area contributed by atoms with E-state index in [1.807, 2.05) is 44.3 Å². The molecule has 1 aromatic heterocycles. The molecule has 0 aliphatic rings. The van der Waals surface area contributed by atoms with E-state index in [4.69, 9.17) is 5.11 Å². The third kappa shape index (κ3) is 3.47. The van der Waals surface area contributed by atoms with Gasteiger partial charge in [0.05, 0.1) is 12.8 Å². The van der Waals surface area contributed by atoms with Crippen LogP contribution >= 0.6 is 0 Å². The molecule has 118 valence electrons. The number of rotatable bonds is 6. The molecule has 0 radical (unpaired) electrons. The Hall–Kier alpha value is -2.30. The van der Waals surface area contributed by atoms with Crippen LogP contribution in [0.4, 0.5) is 0 Å². The lowest BCUT2D eigenvalue weighted by molar-refractivity contribution is -0.139. The van der Waals surface area contributed by atoms with Gasteiger partial charge in [0.25, 0.3) is 0 Å². The minimum atomic E-state index is -0.913. The highest BCUT2D eigenvalue weighted by atomic mass is 16.4. The molecule has 0 aliphatic carbocycles. The Labute approximate surface area is 129 Å². The molecule has 2 aromatic rings. The van der Waals surface area contributed by atoms with Crippen LogP contribution in [0.1, 0.15) is 32.8 Å². The molecule has 0 spiro atoms. The molecule has 0 saturated heterocycles. The van der Waals surface area contributed by atoms with E-state index in [1.165, 1.54) is 0 Å². The summed E-state index contributed by atoms with van der Waals surface area (Å²) in [6.07, 6.45) is 1.96. The van der Waals surface area contributed by atoms with Crippen LogP contribution in [0.3, 0.4) is 0 Å². The average Bonchev–Trinajstić information content (AvgIpc) is 2.81. The Morgan fingerprint density at radius 3 is 2.64 bits per heavy atom. The highest BCUT2D eigenvalue weighted by Gasteiger charge is 2.32. The van der Waals surface area contributed by atoms with Gasteiger partial charge >= 0.3 is 5.97 Å². The van der Waals surface area contributed by atoms with E-state index in [9.17, 15) is 9.59 Å². The second-order valence-corrected chi connectivity index (χ2v) is 6.23. The summed E-state index contributed by atoms with van der Waals surface area (Å²) in [5.74, 6) is -1.05. The number of aliphatic carboxylic acids is 1. The van der Waals surface area contributed by atoms with Crippen molar-refractivity contribution in [2.24, 2.45) is 5.92 Å². The van der Waals surface area contributed by atoms with Crippen molar-refractivity contribution in [3.05, 3.63) is 36.0 Å². The third-order valence-electron chi connectivity index (χ3n) is 4.24. The highest BCUT2D eigenvalue weighted by Crippen LogP contribution is 2.22. The summed E-state index contributed by atoms with van der Waals surface area (Å²) in [6.45, 7) is 5.60. The molecule has 5 heteroatoms. The molecule has 1 aromatic carbocycles. The summed E-state index contributed by atoms with van der Waals surface area (Å²) in [5.41, 5.74) is 1.15. The van der Waals surface area contributed by atoms with E-state index in [-0.39, 0.29) is 24.7 Å². The van der Waals surface area contributed by atoms with Crippen molar-refractivity contribution in [2.75, 3.05) is 0 Å². The number of hydrogen-bond donors (Lipinski definition) is 3. The summed E-state index contributed by atoms with van der Waals surface area (Å²) in [4.78, 5) is 26.5. The number of aromatic nitrogens is 1. The molecule has 0 fully saturated rings. The number of carboxylic acids is 1. The molecule has 1 atom stereocenters. The summed E-state index contributed by atoms with van der Waals surface area (Å²) >= 11 is 0. The molecular weight excluding hydrogens is 280 g/mol. The Bertz CT molecular complexity index is 690. The highest BCUT2D eigenvalue weighted by molar-refractivity contribution is 5.89. The number of fused-ring (bicyclic) bond motifs is 1. The van der Waals surface area contributed by atoms with E-state index in [2.05, 4.69) is 10.3 Å². The van der Waals surface area contributed by atoms with Gasteiger partial charge < -0.3 is 15.4 Å². The summed E-state index contributed by atoms with van der Waals surface area (Å²) in [7, 11) is 0. The number of carbonyl (C=O) groups excluding carboxylic acids is 1. The van der Waals surface area contributed by atoms with Crippen molar-refractivity contribution in [1.82, 2.24) is 10.3 Å². The predicted molar refractivity (Wildman–Crippen MR) is 85.6 cm³/mol. The van der Waals surface area contributed by atoms with Gasteiger partial charge in [-0.1, -0.05) is 32.0 Å². The van der Waals surface area contributed by atoms with E-state index in [0.29, 0.717) is 0 Å². The number of benzene rings is 1. The molecule has 1 heterocycles. The first-order chi connectivity index (χ1) is 10.3. The van der Waals surface area contributed by atoms with Gasteiger partial charge in [-0.25, -0.2) is 0 Å². The molecular formula is C17H22N2O3. The first-order valence-electron chi connectivity index (χ1n) is 7.39. The number of hydrogen-bond acceptors (Lipinski definition) is 2. The van der Waals surface area contributed by atoms with Gasteiger partial charge in [0.1, 0.15) is 0 Å². The topological polar surface area (TPSA) is 82.2 Å². The first kappa shape index (κ1) is 16.1. The van der Waals surface area contributed by atoms with Crippen LogP contribution in [0.2, 0.25) is 0 Å². The van der Waals surface area contributed by atoms with Crippen molar-refractivity contribution in [2.45, 2.75) is 39.2 Å². The fourth-order valence-corrected chi connectivity index (χ4v) is 2.52. The van der Waals surface area contributed by atoms with Crippen LogP contribution in [0.25, 0.3) is 10.9 Å². The zero-order chi connectivity index (χ0) is 16.3. The Balaban J connectivity index is 2.13. The lowest BCUT2D eigenvalue weighted by Gasteiger charge is -2.33. The van der Waals surface area contributed by atoms with E-state index >= 15 is 0 Å². The van der Waals surface area contributed by atoms with E-state index in [0.717, 1.165) is 16.5 Å². The van der Waals surface area contributed by atoms with Crippen LogP contribution in [-0.2, 0) is 16.0 Å². The van der Waals surface area contributed by atoms with Crippen molar-refractivity contribution < 1.29 is 14.7 Å². The number of nitrogens with one attached hydrogen (secondary N) is 2. The Morgan fingerprint density at radius 1 is 1.32 bits per heavy atom. The fraction of sp³-hybridized carbons (Fsp3) is 0.412. The zero-order valence-electron chi connectivity index (χ0n) is 13.1. The minimum Gasteiger partial charge on any atom is -0.481 e. The van der Waals surface area contributed by atoms with Crippen LogP contribution in [0, 0.1) is 5.92 Å². The number of H-pyrrole nitrogens is 1. The standard InChI is InChI=1S/C17H22N2O3/c1-11(2)17(3,9-16(21)22)19-15(20)8-12-10-18-14-7-5-4-6-13(12)14/h4-7,10-11,18H,8-9H2,1-3H3,(H,19,20)(H,21,22). The molecule has 1 amide bonds. The van der Waals surface area contributed by atoms with Gasteiger partial charge in [0.15, 0.2) is 0 Å². The van der Waals surface area contributed by atoms with Crippen molar-refractivity contribution >= 4 is 22.8 Å². The smallest absolute Gasteiger partial charge is 0.305 e. The molecule has 3 N–H and O–H groups in total. The first-order valence-corrected chi connectivity index (χ1v) is 7.39. The minimum absolute atomic E-state index is 0.0236. The van der Waals surface area contributed by atoms with Gasteiger partial charge in [-0.3, -0.25) is 9.59 Å². The summed E-state index contributed by atoms with van der Waals surface area (Å²) in [5, 5.41) is 13.0. The molecule has 5 nitrogen and oxygen atoms in total. The third-order valence-corrected chi connectivity index (χ3v) is 4.24. The van der Waals surface area contributed by atoms with E-state index in [1.54, 1.807) is 6.92 Å². The molecule has 22 heavy (non-hydrogen) atoms. The normalized spacial score (nSPS) is 14.0. The second kappa shape index (κ2) is 6.22. The van der Waals surface area contributed by atoms with Gasteiger partial charge in [0, 0.05) is 22.6 Å². The van der Waals surface area contributed by atoms with Gasteiger partial charge in [0.2, 0.25) is 5.91 Å². The van der Waals surface area contributed by atoms with E-state index < -0.39 is 11.5 Å². The summed E-state index contributed by atoms with van der Waals surface area (Å²) < 4.78 is 0. The molecule has 0 aliphatic heterocycles. The summed E-state index contributed by atoms with van der Waals surface area (Å²) in [6, 6.07) is 7.79. The largest absolute Gasteiger partial charge is 0.481 e. The molecule has 0 saturated carbocycles. The van der Waals surface area contributed by atoms with Crippen LogP contribution in [-0.4, -0.2) is 27.5 Å². The Morgan fingerprint density at radius 2 is 2.00 bits per heavy atom. The van der Waals surface area contributed by atoms with Gasteiger partial charge in [-0.2, -0.15) is 0 Å². The Kier molecular flexibility index (Phi) is 4.54. The number of carbonyl (C=O) groups is 2. The molecule has 1 unspecified atom stereocenters. The number of amides is 1. The quantitative estimate of drug-likeness (QED) is 0.767. The van der Waals surface area contributed by atoms with Gasteiger partial charge in [-0.15, -0.1) is 0 Å². The average molecular weight is 302 g/mol. The maximum atomic E-state index is 12.3. The number of carboxylic acid groups (broad SMARTS) is 1. The van der Waals surface area contributed by atoms with Gasteiger partial charge in [-0.05, 0) is 24.5 Å². The zero-order valence-corrected chi connectivity index (χ0v) is 13.1. The van der Waals surface area contributed by atoms with Crippen LogP contribution in [0.5, 0.6) is 0 Å². The molecule has 0 bridgehead atoms. The maximum absolute atomic E-state index is 12.3. The van der Waals surface area contributed by atoms with Crippen molar-refractivity contribution in [1.29, 1.82) is 0 Å². The second-order valence-electron chi connectivity index (χ2n) is 6.23. The number of aromatic amines is 1. The fourth-order valence-electron chi connectivity index (χ4n) is 2.52. The van der Waals surface area contributed by atoms with Crippen molar-refractivity contribution in [3.63, 3.8) is 0 Å². The maximum Gasteiger partial charge on any atom is 0.305 e. The lowest BCUT2D eigenvalue weighted by Crippen LogP contribution is -2.51. The monoisotopic (exact) mass is 302 g/mol. The molecule has 2 rings (SSSR count). The SMILES string of the molecule is CC(C)C(C)(CC(=O)O)NC(=O)Cc1c[nH]c2ccccc12. The van der Waals surface area contributed by atoms with Crippen molar-refractivity contribution in [3.8, 4) is 0 Å². The van der Waals surface area contributed by atoms with Crippen LogP contribution in [0.15, 0.2) is 30.5 Å².